The number of hydrogen-bond acceptors (Lipinski definition) is 2. The van der Waals surface area contributed by atoms with Crippen LogP contribution in [0.3, 0.4) is 0 Å². The number of benzene rings is 1. The maximum Gasteiger partial charge on any atom is 0.307 e. The summed E-state index contributed by atoms with van der Waals surface area (Å²) in [5.41, 5.74) is 0.471. The molecule has 1 aromatic rings. The van der Waals surface area contributed by atoms with Gasteiger partial charge in [-0.05, 0) is 37.4 Å². The van der Waals surface area contributed by atoms with Gasteiger partial charge in [0.05, 0.1) is 5.92 Å². The molecule has 2 rings (SSSR count). The van der Waals surface area contributed by atoms with Gasteiger partial charge in [-0.2, -0.15) is 0 Å². The highest BCUT2D eigenvalue weighted by molar-refractivity contribution is 5.70. The molecular weight excluding hydrogens is 252 g/mol. The van der Waals surface area contributed by atoms with Crippen LogP contribution < -0.4 is 0 Å². The van der Waals surface area contributed by atoms with Crippen molar-refractivity contribution in [1.29, 1.82) is 0 Å². The van der Waals surface area contributed by atoms with Crippen LogP contribution in [-0.2, 0) is 11.2 Å². The molecule has 0 aromatic heterocycles. The summed E-state index contributed by atoms with van der Waals surface area (Å²) in [6.07, 6.45) is 2.03. The summed E-state index contributed by atoms with van der Waals surface area (Å²) in [6, 6.07) is 3.57. The zero-order valence-electron chi connectivity index (χ0n) is 10.6. The molecule has 0 radical (unpaired) electrons. The van der Waals surface area contributed by atoms with Crippen molar-refractivity contribution in [1.82, 2.24) is 4.90 Å². The molecule has 19 heavy (non-hydrogen) atoms. The lowest BCUT2D eigenvalue weighted by atomic mass is 9.98. The fraction of sp³-hybridized carbons (Fsp3) is 0.500. The van der Waals surface area contributed by atoms with E-state index in [9.17, 15) is 13.6 Å². The molecule has 3 nitrogen and oxygen atoms in total. The normalized spacial score (nSPS) is 20.4. The van der Waals surface area contributed by atoms with Crippen LogP contribution in [0, 0.1) is 17.6 Å². The monoisotopic (exact) mass is 269 g/mol. The van der Waals surface area contributed by atoms with Crippen LogP contribution in [0.4, 0.5) is 8.78 Å². The van der Waals surface area contributed by atoms with Gasteiger partial charge in [0.15, 0.2) is 0 Å². The molecule has 1 aliphatic rings. The van der Waals surface area contributed by atoms with Crippen molar-refractivity contribution in [2.45, 2.75) is 19.3 Å². The number of piperidine rings is 1. The van der Waals surface area contributed by atoms with E-state index in [2.05, 4.69) is 0 Å². The Morgan fingerprint density at radius 2 is 2.21 bits per heavy atom. The second kappa shape index (κ2) is 6.10. The lowest BCUT2D eigenvalue weighted by Crippen LogP contribution is -2.39. The minimum absolute atomic E-state index is 0.327. The Bertz CT molecular complexity index is 465. The average Bonchev–Trinajstić information content (AvgIpc) is 2.38. The number of aliphatic carboxylic acids is 1. The first-order chi connectivity index (χ1) is 9.06. The molecule has 1 aliphatic heterocycles. The Hall–Kier alpha value is -1.49. The minimum Gasteiger partial charge on any atom is -0.481 e. The maximum absolute atomic E-state index is 13.5. The Morgan fingerprint density at radius 1 is 1.42 bits per heavy atom. The van der Waals surface area contributed by atoms with Gasteiger partial charge in [-0.25, -0.2) is 8.78 Å². The summed E-state index contributed by atoms with van der Waals surface area (Å²) in [5, 5.41) is 8.99. The van der Waals surface area contributed by atoms with Crippen LogP contribution in [0.2, 0.25) is 0 Å². The highest BCUT2D eigenvalue weighted by Gasteiger charge is 2.25. The Balaban J connectivity index is 1.89. The first-order valence-electron chi connectivity index (χ1n) is 6.45. The van der Waals surface area contributed by atoms with E-state index in [1.807, 2.05) is 4.90 Å². The van der Waals surface area contributed by atoms with Gasteiger partial charge in [-0.1, -0.05) is 6.07 Å². The topological polar surface area (TPSA) is 40.5 Å². The average molecular weight is 269 g/mol. The number of hydrogen-bond donors (Lipinski definition) is 1. The predicted octanol–water partition coefficient (Wildman–Crippen LogP) is 2.30. The van der Waals surface area contributed by atoms with E-state index >= 15 is 0 Å². The van der Waals surface area contributed by atoms with E-state index in [1.165, 1.54) is 12.1 Å². The predicted molar refractivity (Wildman–Crippen MR) is 66.9 cm³/mol. The van der Waals surface area contributed by atoms with E-state index in [-0.39, 0.29) is 5.92 Å². The second-order valence-electron chi connectivity index (χ2n) is 4.96. The van der Waals surface area contributed by atoms with Crippen LogP contribution in [0.15, 0.2) is 18.2 Å². The number of carbonyl (C=O) groups is 1. The molecule has 0 bridgehead atoms. The molecule has 0 spiro atoms. The lowest BCUT2D eigenvalue weighted by Gasteiger charge is -2.30. The van der Waals surface area contributed by atoms with Gasteiger partial charge in [0.1, 0.15) is 11.6 Å². The summed E-state index contributed by atoms with van der Waals surface area (Å²) >= 11 is 0. The van der Waals surface area contributed by atoms with Crippen LogP contribution >= 0.6 is 0 Å². The summed E-state index contributed by atoms with van der Waals surface area (Å²) in [6.45, 7) is 1.96. The number of rotatable bonds is 4. The summed E-state index contributed by atoms with van der Waals surface area (Å²) < 4.78 is 26.2. The third-order valence-corrected chi connectivity index (χ3v) is 3.57. The fourth-order valence-corrected chi connectivity index (χ4v) is 2.46. The second-order valence-corrected chi connectivity index (χ2v) is 4.96. The Kier molecular flexibility index (Phi) is 4.47. The van der Waals surface area contributed by atoms with E-state index < -0.39 is 17.6 Å². The van der Waals surface area contributed by atoms with E-state index in [4.69, 9.17) is 5.11 Å². The zero-order chi connectivity index (χ0) is 13.8. The first kappa shape index (κ1) is 13.9. The smallest absolute Gasteiger partial charge is 0.307 e. The summed E-state index contributed by atoms with van der Waals surface area (Å²) in [7, 11) is 0. The Morgan fingerprint density at radius 3 is 2.89 bits per heavy atom. The minimum atomic E-state index is -0.766. The van der Waals surface area contributed by atoms with Crippen molar-refractivity contribution in [3.05, 3.63) is 35.4 Å². The van der Waals surface area contributed by atoms with Crippen molar-refractivity contribution >= 4 is 5.97 Å². The van der Waals surface area contributed by atoms with Crippen LogP contribution in [-0.4, -0.2) is 35.6 Å². The zero-order valence-corrected chi connectivity index (χ0v) is 10.6. The molecule has 104 valence electrons. The Labute approximate surface area is 110 Å². The van der Waals surface area contributed by atoms with Gasteiger partial charge < -0.3 is 10.0 Å². The fourth-order valence-electron chi connectivity index (χ4n) is 2.46. The molecule has 1 saturated heterocycles. The molecule has 5 heteroatoms. The summed E-state index contributed by atoms with van der Waals surface area (Å²) in [4.78, 5) is 13.0. The highest BCUT2D eigenvalue weighted by Crippen LogP contribution is 2.17. The lowest BCUT2D eigenvalue weighted by molar-refractivity contribution is -0.143. The molecule has 0 amide bonds. The van der Waals surface area contributed by atoms with Crippen molar-refractivity contribution in [3.8, 4) is 0 Å². The molecule has 1 unspecified atom stereocenters. The third kappa shape index (κ3) is 3.73. The first-order valence-corrected chi connectivity index (χ1v) is 6.45. The summed E-state index contributed by atoms with van der Waals surface area (Å²) in [5.74, 6) is -2.21. The quantitative estimate of drug-likeness (QED) is 0.911. The van der Waals surface area contributed by atoms with Crippen LogP contribution in [0.5, 0.6) is 0 Å². The van der Waals surface area contributed by atoms with Crippen LogP contribution in [0.25, 0.3) is 0 Å². The van der Waals surface area contributed by atoms with Crippen molar-refractivity contribution in [2.24, 2.45) is 5.92 Å². The van der Waals surface area contributed by atoms with Gasteiger partial charge in [-0.15, -0.1) is 0 Å². The molecule has 1 aromatic carbocycles. The largest absolute Gasteiger partial charge is 0.481 e. The van der Waals surface area contributed by atoms with Crippen molar-refractivity contribution in [3.63, 3.8) is 0 Å². The number of likely N-dealkylation sites (tertiary alicyclic amines) is 1. The highest BCUT2D eigenvalue weighted by atomic mass is 19.1. The standard InChI is InChI=1S/C14H17F2NO2/c15-12-4-3-10(13(16)8-12)5-7-17-6-1-2-11(9-17)14(18)19/h3-4,8,11H,1-2,5-7,9H2,(H,18,19). The van der Waals surface area contributed by atoms with Crippen molar-refractivity contribution in [2.75, 3.05) is 19.6 Å². The van der Waals surface area contributed by atoms with Gasteiger partial charge in [0.2, 0.25) is 0 Å². The molecule has 1 N–H and O–H groups in total. The number of halogens is 2. The molecule has 0 aliphatic carbocycles. The molecule has 1 atom stereocenters. The van der Waals surface area contributed by atoms with Gasteiger partial charge in [-0.3, -0.25) is 4.79 Å². The van der Waals surface area contributed by atoms with E-state index in [1.54, 1.807) is 0 Å². The van der Waals surface area contributed by atoms with E-state index in [0.29, 0.717) is 31.5 Å². The van der Waals surface area contributed by atoms with E-state index in [0.717, 1.165) is 19.0 Å². The number of nitrogens with zero attached hydrogens (tertiary/aromatic N) is 1. The van der Waals surface area contributed by atoms with Crippen molar-refractivity contribution < 1.29 is 18.7 Å². The third-order valence-electron chi connectivity index (χ3n) is 3.57. The SMILES string of the molecule is O=C(O)C1CCCN(CCc2ccc(F)cc2F)C1. The molecule has 0 saturated carbocycles. The van der Waals surface area contributed by atoms with Crippen LogP contribution in [0.1, 0.15) is 18.4 Å². The van der Waals surface area contributed by atoms with Gasteiger partial charge in [0, 0.05) is 19.2 Å². The maximum atomic E-state index is 13.5. The molecular formula is C14H17F2NO2. The molecule has 1 heterocycles. The van der Waals surface area contributed by atoms with Gasteiger partial charge in [0.25, 0.3) is 0 Å². The number of carboxylic acid groups (broad SMARTS) is 1. The van der Waals surface area contributed by atoms with Gasteiger partial charge >= 0.3 is 5.97 Å². The number of carboxylic acids is 1. The molecule has 1 fully saturated rings.